The summed E-state index contributed by atoms with van der Waals surface area (Å²) in [5.41, 5.74) is 5.71. The number of nitrogens with one attached hydrogen (secondary N) is 2. The topological polar surface area (TPSA) is 33.3 Å². The predicted molar refractivity (Wildman–Crippen MR) is 116 cm³/mol. The molecule has 27 heavy (non-hydrogen) atoms. The van der Waals surface area contributed by atoms with E-state index < -0.39 is 0 Å². The molecular weight excluding hydrogens is 352 g/mol. The predicted octanol–water partition coefficient (Wildman–Crippen LogP) is 5.20. The molecule has 0 radical (unpaired) electrons. The molecule has 0 aliphatic rings. The van der Waals surface area contributed by atoms with Crippen LogP contribution in [0.4, 0.5) is 5.69 Å². The first-order valence-electron chi connectivity index (χ1n) is 9.01. The largest absolute Gasteiger partial charge is 0.372 e. The van der Waals surface area contributed by atoms with Gasteiger partial charge in [-0.15, -0.1) is 0 Å². The summed E-state index contributed by atoms with van der Waals surface area (Å²) in [7, 11) is 0. The number of para-hydroxylation sites is 1. The summed E-state index contributed by atoms with van der Waals surface area (Å²) in [4.78, 5) is 0. The zero-order chi connectivity index (χ0) is 18.9. The first-order chi connectivity index (χ1) is 13.2. The molecule has 2 N–H and O–H groups in total. The lowest BCUT2D eigenvalue weighted by atomic mass is 10.1. The van der Waals surface area contributed by atoms with E-state index in [9.17, 15) is 0 Å². The third-order valence-electron chi connectivity index (χ3n) is 4.32. The molecule has 0 bridgehead atoms. The average molecular weight is 377 g/mol. The van der Waals surface area contributed by atoms with Crippen molar-refractivity contribution in [3.63, 3.8) is 0 Å². The van der Waals surface area contributed by atoms with Crippen molar-refractivity contribution < 1.29 is 4.74 Å². The normalized spacial score (nSPS) is 10.4. The van der Waals surface area contributed by atoms with Crippen molar-refractivity contribution in [1.82, 2.24) is 5.32 Å². The molecule has 0 aromatic heterocycles. The van der Waals surface area contributed by atoms with Gasteiger partial charge in [0.1, 0.15) is 0 Å². The van der Waals surface area contributed by atoms with Crippen LogP contribution in [0.25, 0.3) is 0 Å². The standard InChI is InChI=1S/C23H24N2OS/c1-18-9-5-8-14-22(18)25-23(27)24-15-20-12-6-7-13-21(20)17-26-16-19-10-3-2-4-11-19/h2-14H,15-17H2,1H3,(H2,24,25,27). The quantitative estimate of drug-likeness (QED) is 0.556. The van der Waals surface area contributed by atoms with Crippen molar-refractivity contribution in [2.45, 2.75) is 26.7 Å². The van der Waals surface area contributed by atoms with Gasteiger partial charge < -0.3 is 15.4 Å². The molecule has 0 aliphatic heterocycles. The molecule has 3 aromatic carbocycles. The van der Waals surface area contributed by atoms with Gasteiger partial charge in [0.15, 0.2) is 5.11 Å². The van der Waals surface area contributed by atoms with E-state index in [1.165, 1.54) is 16.7 Å². The molecule has 0 spiro atoms. The Morgan fingerprint density at radius 1 is 0.815 bits per heavy atom. The highest BCUT2D eigenvalue weighted by atomic mass is 32.1. The Morgan fingerprint density at radius 3 is 2.26 bits per heavy atom. The Balaban J connectivity index is 1.52. The zero-order valence-corrected chi connectivity index (χ0v) is 16.3. The SMILES string of the molecule is Cc1ccccc1NC(=S)NCc1ccccc1COCc1ccccc1. The van der Waals surface area contributed by atoms with Gasteiger partial charge in [-0.3, -0.25) is 0 Å². The van der Waals surface area contributed by atoms with Crippen LogP contribution in [0.1, 0.15) is 22.3 Å². The van der Waals surface area contributed by atoms with Crippen LogP contribution in [0, 0.1) is 6.92 Å². The van der Waals surface area contributed by atoms with Crippen molar-refractivity contribution in [1.29, 1.82) is 0 Å². The fraction of sp³-hybridized carbons (Fsp3) is 0.174. The van der Waals surface area contributed by atoms with Crippen LogP contribution >= 0.6 is 12.2 Å². The van der Waals surface area contributed by atoms with Crippen molar-refractivity contribution >= 4 is 23.0 Å². The maximum Gasteiger partial charge on any atom is 0.171 e. The lowest BCUT2D eigenvalue weighted by Crippen LogP contribution is -2.28. The smallest absolute Gasteiger partial charge is 0.171 e. The zero-order valence-electron chi connectivity index (χ0n) is 15.4. The molecule has 0 fully saturated rings. The van der Waals surface area contributed by atoms with Gasteiger partial charge in [-0.25, -0.2) is 0 Å². The maximum absolute atomic E-state index is 5.89. The van der Waals surface area contributed by atoms with Gasteiger partial charge in [-0.05, 0) is 47.5 Å². The van der Waals surface area contributed by atoms with Crippen LogP contribution < -0.4 is 10.6 Å². The minimum atomic E-state index is 0.574. The second-order valence-corrected chi connectivity index (χ2v) is 6.78. The highest BCUT2D eigenvalue weighted by Crippen LogP contribution is 2.14. The molecule has 4 heteroatoms. The van der Waals surface area contributed by atoms with E-state index >= 15 is 0 Å². The number of hydrogen-bond acceptors (Lipinski definition) is 2. The number of rotatable bonds is 7. The summed E-state index contributed by atoms with van der Waals surface area (Å²) < 4.78 is 5.89. The van der Waals surface area contributed by atoms with E-state index in [1.54, 1.807) is 0 Å². The molecule has 0 amide bonds. The Bertz CT molecular complexity index is 880. The summed E-state index contributed by atoms with van der Waals surface area (Å²) in [6, 6.07) is 26.6. The molecule has 0 saturated carbocycles. The minimum absolute atomic E-state index is 0.574. The number of hydrogen-bond donors (Lipinski definition) is 2. The van der Waals surface area contributed by atoms with Gasteiger partial charge in [0.25, 0.3) is 0 Å². The molecule has 0 aliphatic carbocycles. The first-order valence-corrected chi connectivity index (χ1v) is 9.42. The summed E-state index contributed by atoms with van der Waals surface area (Å²) >= 11 is 5.44. The van der Waals surface area contributed by atoms with Crippen LogP contribution in [0.5, 0.6) is 0 Å². The lowest BCUT2D eigenvalue weighted by molar-refractivity contribution is 0.106. The van der Waals surface area contributed by atoms with Crippen molar-refractivity contribution in [2.24, 2.45) is 0 Å². The highest BCUT2D eigenvalue weighted by Gasteiger charge is 2.05. The van der Waals surface area contributed by atoms with Crippen LogP contribution in [0.15, 0.2) is 78.9 Å². The Morgan fingerprint density at radius 2 is 1.48 bits per heavy atom. The van der Waals surface area contributed by atoms with Gasteiger partial charge in [-0.2, -0.15) is 0 Å². The monoisotopic (exact) mass is 376 g/mol. The third kappa shape index (κ3) is 5.91. The van der Waals surface area contributed by atoms with Gasteiger partial charge in [0, 0.05) is 12.2 Å². The first kappa shape index (κ1) is 19.1. The maximum atomic E-state index is 5.89. The number of benzene rings is 3. The average Bonchev–Trinajstić information content (AvgIpc) is 2.70. The molecule has 0 heterocycles. The van der Waals surface area contributed by atoms with Gasteiger partial charge in [0.2, 0.25) is 0 Å². The third-order valence-corrected chi connectivity index (χ3v) is 4.57. The van der Waals surface area contributed by atoms with E-state index in [4.69, 9.17) is 17.0 Å². The van der Waals surface area contributed by atoms with E-state index in [2.05, 4.69) is 47.9 Å². The number of thiocarbonyl (C=S) groups is 1. The minimum Gasteiger partial charge on any atom is -0.372 e. The summed E-state index contributed by atoms with van der Waals surface area (Å²) in [6.45, 7) is 3.90. The second-order valence-electron chi connectivity index (χ2n) is 6.37. The van der Waals surface area contributed by atoms with E-state index in [0.29, 0.717) is 24.9 Å². The number of aryl methyl sites for hydroxylation is 1. The molecule has 0 atom stereocenters. The number of ether oxygens (including phenoxy) is 1. The summed E-state index contributed by atoms with van der Waals surface area (Å²) in [6.07, 6.45) is 0. The van der Waals surface area contributed by atoms with E-state index in [0.717, 1.165) is 11.3 Å². The van der Waals surface area contributed by atoms with Gasteiger partial charge in [-0.1, -0.05) is 72.8 Å². The molecule has 3 rings (SSSR count). The highest BCUT2D eigenvalue weighted by molar-refractivity contribution is 7.80. The van der Waals surface area contributed by atoms with Crippen molar-refractivity contribution in [2.75, 3.05) is 5.32 Å². The van der Waals surface area contributed by atoms with Crippen LogP contribution in [-0.4, -0.2) is 5.11 Å². The molecule has 0 saturated heterocycles. The summed E-state index contributed by atoms with van der Waals surface area (Å²) in [5, 5.41) is 7.16. The fourth-order valence-corrected chi connectivity index (χ4v) is 2.96. The Hall–Kier alpha value is -2.69. The van der Waals surface area contributed by atoms with Gasteiger partial charge >= 0.3 is 0 Å². The molecule has 138 valence electrons. The van der Waals surface area contributed by atoms with Crippen LogP contribution in [0.3, 0.4) is 0 Å². The van der Waals surface area contributed by atoms with Crippen molar-refractivity contribution in [3.05, 3.63) is 101 Å². The van der Waals surface area contributed by atoms with Crippen LogP contribution in [0.2, 0.25) is 0 Å². The fourth-order valence-electron chi connectivity index (χ4n) is 2.78. The number of anilines is 1. The molecular formula is C23H24N2OS. The second kappa shape index (κ2) is 9.86. The van der Waals surface area contributed by atoms with Crippen molar-refractivity contribution in [3.8, 4) is 0 Å². The lowest BCUT2D eigenvalue weighted by Gasteiger charge is -2.14. The van der Waals surface area contributed by atoms with E-state index in [1.807, 2.05) is 48.5 Å². The Labute approximate surface area is 166 Å². The van der Waals surface area contributed by atoms with Gasteiger partial charge in [0.05, 0.1) is 13.2 Å². The molecule has 3 nitrogen and oxygen atoms in total. The van der Waals surface area contributed by atoms with E-state index in [-0.39, 0.29) is 0 Å². The summed E-state index contributed by atoms with van der Waals surface area (Å²) in [5.74, 6) is 0. The van der Waals surface area contributed by atoms with Crippen LogP contribution in [-0.2, 0) is 24.5 Å². The molecule has 0 unspecified atom stereocenters. The molecule has 3 aromatic rings. The Kier molecular flexibility index (Phi) is 6.97.